The fourth-order valence-corrected chi connectivity index (χ4v) is 1.76. The van der Waals surface area contributed by atoms with E-state index in [1.165, 1.54) is 6.07 Å². The lowest BCUT2D eigenvalue weighted by Gasteiger charge is -2.18. The summed E-state index contributed by atoms with van der Waals surface area (Å²) in [7, 11) is 1.58. The summed E-state index contributed by atoms with van der Waals surface area (Å²) < 4.78 is 30.8. The van der Waals surface area contributed by atoms with E-state index in [1.807, 2.05) is 0 Å². The summed E-state index contributed by atoms with van der Waals surface area (Å²) in [6.45, 7) is 2.23. The number of amides is 1. The Morgan fingerprint density at radius 3 is 2.70 bits per heavy atom. The summed E-state index contributed by atoms with van der Waals surface area (Å²) in [6, 6.07) is 2.45. The molecule has 0 aliphatic heterocycles. The highest BCUT2D eigenvalue weighted by molar-refractivity contribution is 5.81. The van der Waals surface area contributed by atoms with Gasteiger partial charge in [-0.1, -0.05) is 6.07 Å². The number of hydrogen-bond donors (Lipinski definition) is 2. The number of methoxy groups -OCH3 is 1. The van der Waals surface area contributed by atoms with E-state index in [0.717, 1.165) is 12.1 Å². The van der Waals surface area contributed by atoms with Crippen LogP contribution in [-0.2, 0) is 9.53 Å². The lowest BCUT2D eigenvalue weighted by Crippen LogP contribution is -2.41. The molecule has 0 aliphatic carbocycles. The quantitative estimate of drug-likeness (QED) is 0.752. The third-order valence-corrected chi connectivity index (χ3v) is 3.00. The Morgan fingerprint density at radius 2 is 2.10 bits per heavy atom. The van der Waals surface area contributed by atoms with E-state index in [9.17, 15) is 13.6 Å². The van der Waals surface area contributed by atoms with Crippen molar-refractivity contribution in [3.8, 4) is 0 Å². The maximum absolute atomic E-state index is 13.1. The lowest BCUT2D eigenvalue weighted by atomic mass is 10.1. The van der Waals surface area contributed by atoms with Crippen LogP contribution in [0.4, 0.5) is 8.78 Å². The molecule has 112 valence electrons. The van der Waals surface area contributed by atoms with Crippen LogP contribution in [0.25, 0.3) is 0 Å². The van der Waals surface area contributed by atoms with Gasteiger partial charge in [0.1, 0.15) is 0 Å². The molecule has 6 heteroatoms. The van der Waals surface area contributed by atoms with Crippen molar-refractivity contribution in [2.45, 2.75) is 31.8 Å². The predicted molar refractivity (Wildman–Crippen MR) is 72.0 cm³/mol. The smallest absolute Gasteiger partial charge is 0.237 e. The van der Waals surface area contributed by atoms with Gasteiger partial charge in [-0.2, -0.15) is 0 Å². The number of carbonyl (C=O) groups is 1. The minimum Gasteiger partial charge on any atom is -0.385 e. The fourth-order valence-electron chi connectivity index (χ4n) is 1.76. The van der Waals surface area contributed by atoms with Crippen LogP contribution in [0.5, 0.6) is 0 Å². The van der Waals surface area contributed by atoms with E-state index >= 15 is 0 Å². The molecule has 0 radical (unpaired) electrons. The molecular formula is C14H20F2N2O2. The van der Waals surface area contributed by atoms with Crippen molar-refractivity contribution in [2.75, 3.05) is 13.7 Å². The Hall–Kier alpha value is -1.53. The third kappa shape index (κ3) is 4.86. The van der Waals surface area contributed by atoms with Gasteiger partial charge in [-0.25, -0.2) is 8.78 Å². The minimum absolute atomic E-state index is 0.321. The van der Waals surface area contributed by atoms with Crippen LogP contribution in [0.3, 0.4) is 0 Å². The van der Waals surface area contributed by atoms with Gasteiger partial charge < -0.3 is 15.8 Å². The van der Waals surface area contributed by atoms with Crippen LogP contribution in [-0.4, -0.2) is 25.7 Å². The standard InChI is InChI=1S/C14H20F2N2O2/c1-9(10-5-6-11(15)12(16)8-10)18-14(19)13(17)4-3-7-20-2/h5-6,8-9,13H,3-4,7,17H2,1-2H3,(H,18,19). The molecule has 0 bridgehead atoms. The van der Waals surface area contributed by atoms with Gasteiger partial charge in [0.05, 0.1) is 12.1 Å². The first kappa shape index (κ1) is 16.5. The Morgan fingerprint density at radius 1 is 1.40 bits per heavy atom. The lowest BCUT2D eigenvalue weighted by molar-refractivity contribution is -0.123. The zero-order chi connectivity index (χ0) is 15.1. The topological polar surface area (TPSA) is 64.3 Å². The highest BCUT2D eigenvalue weighted by Crippen LogP contribution is 2.16. The van der Waals surface area contributed by atoms with Gasteiger partial charge in [0, 0.05) is 13.7 Å². The number of nitrogens with one attached hydrogen (secondary N) is 1. The molecule has 0 aliphatic rings. The van der Waals surface area contributed by atoms with Crippen molar-refractivity contribution in [1.82, 2.24) is 5.32 Å². The van der Waals surface area contributed by atoms with Crippen LogP contribution in [0.15, 0.2) is 18.2 Å². The number of benzene rings is 1. The Bertz CT molecular complexity index is 455. The zero-order valence-electron chi connectivity index (χ0n) is 11.7. The maximum atomic E-state index is 13.1. The van der Waals surface area contributed by atoms with Crippen LogP contribution in [0, 0.1) is 11.6 Å². The van der Waals surface area contributed by atoms with Crippen molar-refractivity contribution in [3.05, 3.63) is 35.4 Å². The van der Waals surface area contributed by atoms with Gasteiger partial charge in [-0.3, -0.25) is 4.79 Å². The van der Waals surface area contributed by atoms with Crippen molar-refractivity contribution in [1.29, 1.82) is 0 Å². The zero-order valence-corrected chi connectivity index (χ0v) is 11.7. The van der Waals surface area contributed by atoms with E-state index in [-0.39, 0.29) is 5.91 Å². The largest absolute Gasteiger partial charge is 0.385 e. The maximum Gasteiger partial charge on any atom is 0.237 e. The predicted octanol–water partition coefficient (Wildman–Crippen LogP) is 1.90. The molecule has 4 nitrogen and oxygen atoms in total. The molecule has 1 aromatic carbocycles. The SMILES string of the molecule is COCCCC(N)C(=O)NC(C)c1ccc(F)c(F)c1. The number of nitrogens with two attached hydrogens (primary N) is 1. The molecule has 2 atom stereocenters. The highest BCUT2D eigenvalue weighted by Gasteiger charge is 2.17. The second kappa shape index (κ2) is 7.91. The van der Waals surface area contributed by atoms with E-state index in [4.69, 9.17) is 10.5 Å². The number of ether oxygens (including phenoxy) is 1. The monoisotopic (exact) mass is 286 g/mol. The van der Waals surface area contributed by atoms with Gasteiger partial charge in [0.2, 0.25) is 5.91 Å². The molecule has 0 saturated heterocycles. The van der Waals surface area contributed by atoms with Gasteiger partial charge >= 0.3 is 0 Å². The van der Waals surface area contributed by atoms with Crippen LogP contribution in [0.1, 0.15) is 31.4 Å². The molecule has 0 aromatic heterocycles. The first-order valence-corrected chi connectivity index (χ1v) is 6.45. The Labute approximate surface area is 117 Å². The van der Waals surface area contributed by atoms with Crippen LogP contribution in [0.2, 0.25) is 0 Å². The van der Waals surface area contributed by atoms with Crippen molar-refractivity contribution in [3.63, 3.8) is 0 Å². The number of halogens is 2. The number of hydrogen-bond acceptors (Lipinski definition) is 3. The van der Waals surface area contributed by atoms with E-state index in [1.54, 1.807) is 14.0 Å². The fraction of sp³-hybridized carbons (Fsp3) is 0.500. The average Bonchev–Trinajstić information content (AvgIpc) is 2.41. The van der Waals surface area contributed by atoms with E-state index in [0.29, 0.717) is 25.0 Å². The normalized spacial score (nSPS) is 13.8. The summed E-state index contributed by atoms with van der Waals surface area (Å²) in [5, 5.41) is 2.68. The third-order valence-electron chi connectivity index (χ3n) is 3.00. The van der Waals surface area contributed by atoms with Crippen LogP contribution >= 0.6 is 0 Å². The molecule has 0 spiro atoms. The van der Waals surface area contributed by atoms with Crippen molar-refractivity contribution in [2.24, 2.45) is 5.73 Å². The molecular weight excluding hydrogens is 266 g/mol. The van der Waals surface area contributed by atoms with Gasteiger partial charge in [0.15, 0.2) is 11.6 Å². The van der Waals surface area contributed by atoms with Gasteiger partial charge in [-0.05, 0) is 37.5 Å². The minimum atomic E-state index is -0.937. The number of carbonyl (C=O) groups excluding carboxylic acids is 1. The Balaban J connectivity index is 2.54. The molecule has 0 fully saturated rings. The molecule has 1 amide bonds. The average molecular weight is 286 g/mol. The summed E-state index contributed by atoms with van der Waals surface area (Å²) in [5.41, 5.74) is 6.22. The Kier molecular flexibility index (Phi) is 6.54. The van der Waals surface area contributed by atoms with Crippen molar-refractivity contribution >= 4 is 5.91 Å². The first-order chi connectivity index (χ1) is 9.45. The van der Waals surface area contributed by atoms with Crippen molar-refractivity contribution < 1.29 is 18.3 Å². The molecule has 0 heterocycles. The second-order valence-corrected chi connectivity index (χ2v) is 4.65. The molecule has 2 unspecified atom stereocenters. The molecule has 1 rings (SSSR count). The van der Waals surface area contributed by atoms with Crippen LogP contribution < -0.4 is 11.1 Å². The summed E-state index contributed by atoms with van der Waals surface area (Å²) in [6.07, 6.45) is 1.19. The van der Waals surface area contributed by atoms with Gasteiger partial charge in [-0.15, -0.1) is 0 Å². The van der Waals surface area contributed by atoms with Gasteiger partial charge in [0.25, 0.3) is 0 Å². The first-order valence-electron chi connectivity index (χ1n) is 6.45. The molecule has 1 aromatic rings. The summed E-state index contributed by atoms with van der Waals surface area (Å²) in [5.74, 6) is -2.17. The van der Waals surface area contributed by atoms with E-state index in [2.05, 4.69) is 5.32 Å². The summed E-state index contributed by atoms with van der Waals surface area (Å²) in [4.78, 5) is 11.8. The highest BCUT2D eigenvalue weighted by atomic mass is 19.2. The summed E-state index contributed by atoms with van der Waals surface area (Å²) >= 11 is 0. The number of rotatable bonds is 7. The second-order valence-electron chi connectivity index (χ2n) is 4.65. The molecule has 20 heavy (non-hydrogen) atoms. The molecule has 0 saturated carbocycles. The molecule has 3 N–H and O–H groups in total. The van der Waals surface area contributed by atoms with E-state index < -0.39 is 23.7 Å².